The zero-order valence-electron chi connectivity index (χ0n) is 19.2. The largest absolute Gasteiger partial charge is 0.507 e. The molecule has 4 rings (SSSR count). The SMILES string of the molecule is CC(C)(C)P(=O)(c1ccc2ccccc2c1-c1c(O)ccc2ccccc12)C(C)(C)C. The van der Waals surface area contributed by atoms with Gasteiger partial charge in [0, 0.05) is 26.7 Å². The summed E-state index contributed by atoms with van der Waals surface area (Å²) in [6.45, 7) is 12.4. The molecule has 0 heterocycles. The van der Waals surface area contributed by atoms with Crippen LogP contribution in [0.3, 0.4) is 0 Å². The van der Waals surface area contributed by atoms with Crippen molar-refractivity contribution < 1.29 is 9.67 Å². The summed E-state index contributed by atoms with van der Waals surface area (Å²) in [4.78, 5) is 0. The lowest BCUT2D eigenvalue weighted by Gasteiger charge is -2.42. The first kappa shape index (κ1) is 21.7. The van der Waals surface area contributed by atoms with Gasteiger partial charge in [-0.2, -0.15) is 0 Å². The summed E-state index contributed by atoms with van der Waals surface area (Å²) in [6.07, 6.45) is 0. The zero-order valence-corrected chi connectivity index (χ0v) is 20.1. The first-order valence-corrected chi connectivity index (χ1v) is 12.5. The van der Waals surface area contributed by atoms with Crippen LogP contribution in [0.15, 0.2) is 72.8 Å². The van der Waals surface area contributed by atoms with E-state index in [4.69, 9.17) is 0 Å². The van der Waals surface area contributed by atoms with Crippen LogP contribution in [-0.4, -0.2) is 15.4 Å². The lowest BCUT2D eigenvalue weighted by molar-refractivity contribution is 0.478. The third kappa shape index (κ3) is 3.29. The van der Waals surface area contributed by atoms with Gasteiger partial charge in [-0.3, -0.25) is 0 Å². The molecule has 4 aromatic rings. The maximum atomic E-state index is 15.1. The van der Waals surface area contributed by atoms with Crippen molar-refractivity contribution in [3.8, 4) is 16.9 Å². The molecule has 1 N–H and O–H groups in total. The minimum atomic E-state index is -2.96. The second-order valence-electron chi connectivity index (χ2n) is 10.3. The highest BCUT2D eigenvalue weighted by Gasteiger charge is 2.49. The number of aromatic hydroxyl groups is 1. The quantitative estimate of drug-likeness (QED) is 0.328. The Bertz CT molecular complexity index is 1320. The van der Waals surface area contributed by atoms with E-state index in [1.54, 1.807) is 6.07 Å². The van der Waals surface area contributed by atoms with Crippen molar-refractivity contribution in [1.29, 1.82) is 0 Å². The molecule has 0 aliphatic heterocycles. The Kier molecular flexibility index (Phi) is 5.06. The highest BCUT2D eigenvalue weighted by molar-refractivity contribution is 7.74. The number of benzene rings is 4. The van der Waals surface area contributed by atoms with E-state index < -0.39 is 17.5 Å². The van der Waals surface area contributed by atoms with E-state index in [1.807, 2.05) is 42.5 Å². The molecule has 160 valence electrons. The van der Waals surface area contributed by atoms with Gasteiger partial charge in [-0.15, -0.1) is 0 Å². The molecule has 0 fully saturated rings. The third-order valence-electron chi connectivity index (χ3n) is 6.29. The van der Waals surface area contributed by atoms with E-state index in [0.717, 1.165) is 38.0 Å². The Balaban J connectivity index is 2.27. The maximum absolute atomic E-state index is 15.1. The zero-order chi connectivity index (χ0) is 22.6. The second kappa shape index (κ2) is 7.24. The minimum absolute atomic E-state index is 0.214. The maximum Gasteiger partial charge on any atom is 0.126 e. The molecular weight excluding hydrogens is 399 g/mol. The van der Waals surface area contributed by atoms with Crippen molar-refractivity contribution in [2.24, 2.45) is 0 Å². The Morgan fingerprint density at radius 3 is 1.58 bits per heavy atom. The molecule has 31 heavy (non-hydrogen) atoms. The Labute approximate surface area is 185 Å². The van der Waals surface area contributed by atoms with Crippen LogP contribution in [0.2, 0.25) is 0 Å². The lowest BCUT2D eigenvalue weighted by atomic mass is 9.93. The number of hydrogen-bond acceptors (Lipinski definition) is 2. The molecule has 0 unspecified atom stereocenters. The predicted octanol–water partition coefficient (Wildman–Crippen LogP) is 7.95. The summed E-state index contributed by atoms with van der Waals surface area (Å²) < 4.78 is 15.1. The van der Waals surface area contributed by atoms with E-state index in [9.17, 15) is 5.11 Å². The van der Waals surface area contributed by atoms with Gasteiger partial charge in [0.25, 0.3) is 0 Å². The van der Waals surface area contributed by atoms with Crippen LogP contribution in [-0.2, 0) is 4.57 Å². The molecule has 4 aromatic carbocycles. The molecule has 2 nitrogen and oxygen atoms in total. The van der Waals surface area contributed by atoms with Crippen LogP contribution in [0.5, 0.6) is 5.75 Å². The van der Waals surface area contributed by atoms with Gasteiger partial charge < -0.3 is 9.67 Å². The molecule has 0 atom stereocenters. The molecule has 0 aromatic heterocycles. The first-order valence-electron chi connectivity index (χ1n) is 10.8. The van der Waals surface area contributed by atoms with E-state index in [1.165, 1.54) is 0 Å². The van der Waals surface area contributed by atoms with E-state index in [2.05, 4.69) is 65.8 Å². The molecular formula is C28H31O2P. The Hall–Kier alpha value is -2.57. The van der Waals surface area contributed by atoms with Crippen molar-refractivity contribution in [2.45, 2.75) is 51.9 Å². The summed E-state index contributed by atoms with van der Waals surface area (Å²) in [6, 6.07) is 24.1. The molecule has 0 bridgehead atoms. The lowest BCUT2D eigenvalue weighted by Crippen LogP contribution is -2.35. The second-order valence-corrected chi connectivity index (χ2v) is 14.7. The Morgan fingerprint density at radius 1 is 0.613 bits per heavy atom. The van der Waals surface area contributed by atoms with Crippen molar-refractivity contribution in [2.75, 3.05) is 0 Å². The van der Waals surface area contributed by atoms with Crippen LogP contribution in [0.25, 0.3) is 32.7 Å². The van der Waals surface area contributed by atoms with Gasteiger partial charge in [0.05, 0.1) is 0 Å². The van der Waals surface area contributed by atoms with Gasteiger partial charge in [0.2, 0.25) is 0 Å². The van der Waals surface area contributed by atoms with Gasteiger partial charge >= 0.3 is 0 Å². The summed E-state index contributed by atoms with van der Waals surface area (Å²) in [5.74, 6) is 0.214. The summed E-state index contributed by atoms with van der Waals surface area (Å²) in [5, 5.41) is 15.2. The molecule has 0 saturated heterocycles. The fraction of sp³-hybridized carbons (Fsp3) is 0.286. The van der Waals surface area contributed by atoms with Crippen molar-refractivity contribution in [3.05, 3.63) is 72.8 Å². The van der Waals surface area contributed by atoms with Gasteiger partial charge in [-0.25, -0.2) is 0 Å². The number of phenolic OH excluding ortho intramolecular Hbond substituents is 1. The average Bonchev–Trinajstić information content (AvgIpc) is 2.71. The Morgan fingerprint density at radius 2 is 1.06 bits per heavy atom. The predicted molar refractivity (Wildman–Crippen MR) is 135 cm³/mol. The van der Waals surface area contributed by atoms with Gasteiger partial charge in [-0.1, -0.05) is 108 Å². The van der Waals surface area contributed by atoms with Crippen LogP contribution in [0.1, 0.15) is 41.5 Å². The smallest absolute Gasteiger partial charge is 0.126 e. The van der Waals surface area contributed by atoms with Crippen LogP contribution in [0, 0.1) is 0 Å². The summed E-state index contributed by atoms with van der Waals surface area (Å²) in [5.41, 5.74) is 1.65. The van der Waals surface area contributed by atoms with E-state index >= 15 is 4.57 Å². The van der Waals surface area contributed by atoms with E-state index in [-0.39, 0.29) is 5.75 Å². The first-order chi connectivity index (χ1) is 14.5. The number of fused-ring (bicyclic) bond motifs is 2. The van der Waals surface area contributed by atoms with Gasteiger partial charge in [-0.05, 0) is 27.6 Å². The van der Waals surface area contributed by atoms with Crippen molar-refractivity contribution in [3.63, 3.8) is 0 Å². The third-order valence-corrected chi connectivity index (χ3v) is 11.1. The minimum Gasteiger partial charge on any atom is -0.507 e. The van der Waals surface area contributed by atoms with E-state index in [0.29, 0.717) is 0 Å². The van der Waals surface area contributed by atoms with Gasteiger partial charge in [0.1, 0.15) is 12.9 Å². The summed E-state index contributed by atoms with van der Waals surface area (Å²) in [7, 11) is -2.96. The number of rotatable bonds is 2. The normalized spacial score (nSPS) is 13.1. The number of hydrogen-bond donors (Lipinski definition) is 1. The monoisotopic (exact) mass is 430 g/mol. The highest BCUT2D eigenvalue weighted by atomic mass is 31.2. The van der Waals surface area contributed by atoms with Crippen molar-refractivity contribution in [1.82, 2.24) is 0 Å². The van der Waals surface area contributed by atoms with Crippen LogP contribution in [0.4, 0.5) is 0 Å². The van der Waals surface area contributed by atoms with Crippen LogP contribution >= 0.6 is 7.14 Å². The topological polar surface area (TPSA) is 37.3 Å². The molecule has 0 aliphatic carbocycles. The molecule has 0 aliphatic rings. The van der Waals surface area contributed by atoms with Crippen LogP contribution < -0.4 is 5.30 Å². The van der Waals surface area contributed by atoms with Crippen molar-refractivity contribution >= 4 is 34.0 Å². The molecule has 0 saturated carbocycles. The fourth-order valence-corrected chi connectivity index (χ4v) is 9.33. The molecule has 0 amide bonds. The molecule has 0 spiro atoms. The average molecular weight is 431 g/mol. The number of phenols is 1. The summed E-state index contributed by atoms with van der Waals surface area (Å²) >= 11 is 0. The molecule has 3 heteroatoms. The van der Waals surface area contributed by atoms with Gasteiger partial charge in [0.15, 0.2) is 0 Å². The standard InChI is InChI=1S/C28H31O2P/c1-27(2,3)31(30,28(4,5)6)24-18-16-20-12-8-10-14-22(20)26(24)25-21-13-9-7-11-19(21)15-17-23(25)29/h7-18,29H,1-6H3. The highest BCUT2D eigenvalue weighted by Crippen LogP contribution is 2.67. The fourth-order valence-electron chi connectivity index (χ4n) is 5.04. The molecule has 0 radical (unpaired) electrons.